The van der Waals surface area contributed by atoms with Gasteiger partial charge in [0.2, 0.25) is 0 Å². The molecule has 0 nitrogen and oxygen atoms in total. The quantitative estimate of drug-likeness (QED) is 0.142. The zero-order valence-corrected chi connectivity index (χ0v) is 52.6. The average molecular weight is 1210 g/mol. The average Bonchev–Trinajstić information content (AvgIpc) is 0.817. The highest BCUT2D eigenvalue weighted by Gasteiger charge is 2.12. The normalized spacial score (nSPS) is 11.8. The van der Waals surface area contributed by atoms with Crippen molar-refractivity contribution in [2.75, 3.05) is 0 Å². The van der Waals surface area contributed by atoms with Gasteiger partial charge in [-0.25, -0.2) is 0 Å². The molecule has 96 heavy (non-hydrogen) atoms. The summed E-state index contributed by atoms with van der Waals surface area (Å²) in [5.41, 5.74) is 0. The number of fused-ring (bicyclic) bond motifs is 60. The zero-order chi connectivity index (χ0) is 63.2. The molecular formula is C96H60. The lowest BCUT2D eigenvalue weighted by molar-refractivity contribution is 1.78. The van der Waals surface area contributed by atoms with Crippen LogP contribution in [0.2, 0.25) is 0 Å². The van der Waals surface area contributed by atoms with Crippen LogP contribution in [0.1, 0.15) is 0 Å². The van der Waals surface area contributed by atoms with E-state index in [4.69, 9.17) is 0 Å². The van der Waals surface area contributed by atoms with Gasteiger partial charge in [0.25, 0.3) is 0 Å². The first kappa shape index (κ1) is 55.2. The Hall–Kier alpha value is -12.5. The van der Waals surface area contributed by atoms with Crippen molar-refractivity contribution in [3.05, 3.63) is 364 Å². The third-order valence-electron chi connectivity index (χ3n) is 20.5. The molecule has 19 aromatic rings. The van der Waals surface area contributed by atoms with Gasteiger partial charge in [-0.3, -0.25) is 0 Å². The SMILES string of the molecule is c1cc2cc(c1)c1ccc(c3cccc(c3)c3ccc(c4cccc(c4)c4ccc(c5cccc(c5)c5ccc(c6cccc(c6)c6ccc(c7cccc(c7)c7ccc2c2ccccc72)c2ccccc62)c2ccccc52)c2ccccc42)c2ccccc32)c2ccccc12. The minimum absolute atomic E-state index is 1.19. The van der Waals surface area contributed by atoms with Crippen LogP contribution in [0.3, 0.4) is 0 Å². The third kappa shape index (κ3) is 9.21. The standard InChI is InChI=1S/C96H60/c1-2-32-86-74-44-43-73(85(86)31-1)61-19-13-21-63(55-61)75-45-46-77(89-35-4-3-33-87(75)89)65-23-15-25-67(57-65)79-49-50-81(93-39-8-7-37-91(79)93)69-27-17-29-71(59-69)83-53-54-84(96-42-12-11-41-95(83)96)72-30-18-28-70(60-72)82-52-51-80(92-38-9-10-40-94(82)92)68-26-16-24-66(58-68)78-48-47-76(64-22-14-20-62(74)56-64)88-34-5-6-36-90(78)88/h1-60H. The van der Waals surface area contributed by atoms with E-state index in [1.54, 1.807) is 0 Å². The Morgan fingerprint density at radius 2 is 0.167 bits per heavy atom. The van der Waals surface area contributed by atoms with E-state index in [1.165, 1.54) is 194 Å². The topological polar surface area (TPSA) is 0 Å². The van der Waals surface area contributed by atoms with Crippen molar-refractivity contribution in [1.29, 1.82) is 0 Å². The van der Waals surface area contributed by atoms with Crippen molar-refractivity contribution in [3.63, 3.8) is 0 Å². The predicted octanol–water partition coefficient (Wildman–Crippen LogP) is 27.5. The van der Waals surface area contributed by atoms with Gasteiger partial charge in [0, 0.05) is 0 Å². The monoisotopic (exact) mass is 1210 g/mol. The maximum Gasteiger partial charge on any atom is -0.00992 e. The van der Waals surface area contributed by atoms with Gasteiger partial charge in [-0.15, -0.1) is 0 Å². The minimum Gasteiger partial charge on any atom is -0.0616 e. The van der Waals surface area contributed by atoms with Crippen LogP contribution in [-0.4, -0.2) is 0 Å². The summed E-state index contributed by atoms with van der Waals surface area (Å²) in [7, 11) is 0. The largest absolute Gasteiger partial charge is 0.0616 e. The second-order valence-electron chi connectivity index (χ2n) is 25.7. The molecule has 444 valence electrons. The molecule has 0 saturated carbocycles. The van der Waals surface area contributed by atoms with E-state index >= 15 is 0 Å². The predicted molar refractivity (Wildman–Crippen MR) is 421 cm³/mol. The smallest absolute Gasteiger partial charge is 0.00992 e. The summed E-state index contributed by atoms with van der Waals surface area (Å²) in [6, 6.07) is 136. The third-order valence-corrected chi connectivity index (χ3v) is 20.5. The van der Waals surface area contributed by atoms with Gasteiger partial charge in [-0.1, -0.05) is 328 Å². The van der Waals surface area contributed by atoms with Gasteiger partial charge in [-0.05, 0) is 230 Å². The Labute approximate surface area is 554 Å². The molecule has 0 N–H and O–H groups in total. The molecule has 24 bridgehead atoms. The highest BCUT2D eigenvalue weighted by molar-refractivity contribution is 6.25. The van der Waals surface area contributed by atoms with Crippen LogP contribution in [0.4, 0.5) is 0 Å². The lowest BCUT2D eigenvalue weighted by Crippen LogP contribution is -1.81. The maximum absolute atomic E-state index is 2.39. The van der Waals surface area contributed by atoms with E-state index in [2.05, 4.69) is 364 Å². The van der Waals surface area contributed by atoms with Gasteiger partial charge < -0.3 is 0 Å². The first-order chi connectivity index (χ1) is 47.6. The second kappa shape index (κ2) is 22.7. The van der Waals surface area contributed by atoms with Crippen LogP contribution < -0.4 is 0 Å². The van der Waals surface area contributed by atoms with Crippen LogP contribution in [0.5, 0.6) is 0 Å². The lowest BCUT2D eigenvalue weighted by Gasteiger charge is -2.09. The van der Waals surface area contributed by atoms with Gasteiger partial charge in [0.1, 0.15) is 0 Å². The molecule has 0 aromatic heterocycles. The van der Waals surface area contributed by atoms with E-state index in [9.17, 15) is 0 Å². The summed E-state index contributed by atoms with van der Waals surface area (Å²) >= 11 is 0. The van der Waals surface area contributed by atoms with Crippen LogP contribution >= 0.6 is 0 Å². The summed E-state index contributed by atoms with van der Waals surface area (Å²) < 4.78 is 0. The number of benzene rings is 18. The Morgan fingerprint density at radius 1 is 0.0729 bits per heavy atom. The molecule has 0 heterocycles. The minimum atomic E-state index is 1.19. The summed E-state index contributed by atoms with van der Waals surface area (Å²) in [5, 5.41) is 43.5. The molecule has 0 amide bonds. The van der Waals surface area contributed by atoms with Crippen molar-refractivity contribution in [2.24, 2.45) is 0 Å². The fraction of sp³-hybridized carbons (Fsp3) is 0. The summed E-state index contributed by atoms with van der Waals surface area (Å²) in [4.78, 5) is 0. The van der Waals surface area contributed by atoms with E-state index in [0.29, 0.717) is 0 Å². The molecule has 19 aromatic carbocycles. The summed E-state index contributed by atoms with van der Waals surface area (Å²) in [6.45, 7) is 0. The molecule has 0 heteroatoms. The molecule has 0 aliphatic carbocycles. The fourth-order valence-corrected chi connectivity index (χ4v) is 15.9. The number of rotatable bonds is 0. The highest BCUT2D eigenvalue weighted by Crippen LogP contribution is 2.40. The van der Waals surface area contributed by atoms with Gasteiger partial charge in [0.15, 0.2) is 0 Å². The molecular weight excluding hydrogens is 1150 g/mol. The Kier molecular flexibility index (Phi) is 13.0. The molecule has 0 spiro atoms. The Bertz CT molecular complexity index is 5480. The van der Waals surface area contributed by atoms with Crippen molar-refractivity contribution >= 4 is 194 Å². The summed E-state index contributed by atoms with van der Waals surface area (Å²) in [6.07, 6.45) is 0. The first-order valence-electron chi connectivity index (χ1n) is 33.4. The molecule has 0 saturated heterocycles. The van der Waals surface area contributed by atoms with Crippen LogP contribution in [0, 0.1) is 0 Å². The molecule has 0 radical (unpaired) electrons. The van der Waals surface area contributed by atoms with Crippen molar-refractivity contribution < 1.29 is 0 Å². The van der Waals surface area contributed by atoms with Crippen molar-refractivity contribution in [3.8, 4) is 0 Å². The molecule has 0 aliphatic heterocycles. The van der Waals surface area contributed by atoms with Crippen LogP contribution in [-0.2, 0) is 0 Å². The maximum atomic E-state index is 2.39. The Morgan fingerprint density at radius 3 is 0.260 bits per heavy atom. The van der Waals surface area contributed by atoms with E-state index < -0.39 is 0 Å². The van der Waals surface area contributed by atoms with E-state index in [-0.39, 0.29) is 0 Å². The highest BCUT2D eigenvalue weighted by atomic mass is 14.2. The van der Waals surface area contributed by atoms with Gasteiger partial charge in [0.05, 0.1) is 0 Å². The zero-order valence-electron chi connectivity index (χ0n) is 52.6. The lowest BCUT2D eigenvalue weighted by atomic mass is 9.95. The molecule has 19 rings (SSSR count). The summed E-state index contributed by atoms with van der Waals surface area (Å²) in [5.74, 6) is 0. The number of hydrogen-bond donors (Lipinski definition) is 0. The van der Waals surface area contributed by atoms with Crippen molar-refractivity contribution in [1.82, 2.24) is 0 Å². The van der Waals surface area contributed by atoms with Gasteiger partial charge >= 0.3 is 0 Å². The van der Waals surface area contributed by atoms with E-state index in [1.807, 2.05) is 0 Å². The fourth-order valence-electron chi connectivity index (χ4n) is 15.9. The molecule has 0 fully saturated rings. The molecule has 0 aliphatic rings. The molecule has 0 atom stereocenters. The van der Waals surface area contributed by atoms with Gasteiger partial charge in [-0.2, -0.15) is 0 Å². The number of hydrogen-bond acceptors (Lipinski definition) is 0. The Balaban J connectivity index is 0.882. The van der Waals surface area contributed by atoms with Crippen LogP contribution in [0.15, 0.2) is 364 Å². The molecule has 0 unspecified atom stereocenters. The first-order valence-corrected chi connectivity index (χ1v) is 33.4. The van der Waals surface area contributed by atoms with Crippen molar-refractivity contribution in [2.45, 2.75) is 0 Å². The second-order valence-corrected chi connectivity index (χ2v) is 25.7. The van der Waals surface area contributed by atoms with E-state index in [0.717, 1.165) is 0 Å². The van der Waals surface area contributed by atoms with Crippen LogP contribution in [0.25, 0.3) is 194 Å².